The molecule has 92 valence electrons. The molecule has 0 aliphatic heterocycles. The molecule has 1 aliphatic rings. The number of oxime groups is 1. The number of hydrogen-bond acceptors (Lipinski definition) is 3. The summed E-state index contributed by atoms with van der Waals surface area (Å²) in [4.78, 5) is 12.0. The summed E-state index contributed by atoms with van der Waals surface area (Å²) in [7, 11) is 0. The molecule has 0 aromatic carbocycles. The minimum atomic E-state index is -0.519. The number of amides is 1. The lowest BCUT2D eigenvalue weighted by Gasteiger charge is -2.42. The van der Waals surface area contributed by atoms with Gasteiger partial charge in [0, 0.05) is 5.54 Å². The molecule has 0 radical (unpaired) electrons. The van der Waals surface area contributed by atoms with Gasteiger partial charge < -0.3 is 16.3 Å². The van der Waals surface area contributed by atoms with Crippen molar-refractivity contribution >= 4 is 11.7 Å². The Labute approximate surface area is 96.1 Å². The second-order valence-corrected chi connectivity index (χ2v) is 4.46. The number of nitrogens with one attached hydrogen (secondary N) is 1. The molecule has 1 saturated carbocycles. The van der Waals surface area contributed by atoms with E-state index in [2.05, 4.69) is 17.4 Å². The molecule has 1 unspecified atom stereocenters. The molecule has 1 rings (SSSR count). The fourth-order valence-electron chi connectivity index (χ4n) is 2.12. The average molecular weight is 227 g/mol. The number of hydrogen-bond donors (Lipinski definition) is 3. The van der Waals surface area contributed by atoms with Gasteiger partial charge in [-0.05, 0) is 32.1 Å². The van der Waals surface area contributed by atoms with Crippen LogP contribution in [-0.4, -0.2) is 22.5 Å². The Morgan fingerprint density at radius 2 is 2.19 bits per heavy atom. The van der Waals surface area contributed by atoms with Gasteiger partial charge in [0.2, 0.25) is 5.91 Å². The van der Waals surface area contributed by atoms with Crippen molar-refractivity contribution in [3.05, 3.63) is 0 Å². The Kier molecular flexibility index (Phi) is 4.15. The Morgan fingerprint density at radius 3 is 2.50 bits per heavy atom. The van der Waals surface area contributed by atoms with E-state index in [9.17, 15) is 4.79 Å². The predicted octanol–water partition coefficient (Wildman–Crippen LogP) is 1.21. The van der Waals surface area contributed by atoms with Gasteiger partial charge >= 0.3 is 0 Å². The van der Waals surface area contributed by atoms with Gasteiger partial charge in [0.25, 0.3) is 0 Å². The maximum absolute atomic E-state index is 12.0. The number of amidine groups is 1. The van der Waals surface area contributed by atoms with E-state index >= 15 is 0 Å². The fourth-order valence-corrected chi connectivity index (χ4v) is 2.12. The summed E-state index contributed by atoms with van der Waals surface area (Å²) in [6.45, 7) is 3.92. The molecule has 1 amide bonds. The molecule has 0 spiro atoms. The Bertz CT molecular complexity index is 279. The van der Waals surface area contributed by atoms with Crippen LogP contribution in [0, 0.1) is 5.92 Å². The molecule has 16 heavy (non-hydrogen) atoms. The zero-order valence-electron chi connectivity index (χ0n) is 9.99. The van der Waals surface area contributed by atoms with Crippen LogP contribution < -0.4 is 11.1 Å². The highest BCUT2D eigenvalue weighted by atomic mass is 16.4. The first-order valence-electron chi connectivity index (χ1n) is 5.88. The molecule has 0 heterocycles. The quantitative estimate of drug-likeness (QED) is 0.285. The fraction of sp³-hybridized carbons (Fsp3) is 0.818. The van der Waals surface area contributed by atoms with Crippen molar-refractivity contribution in [2.24, 2.45) is 16.8 Å². The van der Waals surface area contributed by atoms with Crippen LogP contribution in [0.4, 0.5) is 0 Å². The third-order valence-corrected chi connectivity index (χ3v) is 3.57. The third kappa shape index (κ3) is 2.46. The molecule has 1 atom stereocenters. The van der Waals surface area contributed by atoms with E-state index in [0.717, 1.165) is 25.7 Å². The lowest BCUT2D eigenvalue weighted by molar-refractivity contribution is -0.126. The number of nitrogens with zero attached hydrogens (tertiary/aromatic N) is 1. The lowest BCUT2D eigenvalue weighted by Crippen LogP contribution is -2.55. The molecule has 4 N–H and O–H groups in total. The number of rotatable bonds is 5. The normalized spacial score (nSPS) is 21.0. The summed E-state index contributed by atoms with van der Waals surface area (Å²) in [6, 6.07) is 0. The SMILES string of the molecule is CCC(C(=O)NC1(CC)CCC1)C(N)=NO. The van der Waals surface area contributed by atoms with E-state index < -0.39 is 5.92 Å². The van der Waals surface area contributed by atoms with Gasteiger partial charge in [-0.2, -0.15) is 0 Å². The Balaban J connectivity index is 2.62. The lowest BCUT2D eigenvalue weighted by atomic mass is 9.74. The molecule has 1 aliphatic carbocycles. The summed E-state index contributed by atoms with van der Waals surface area (Å²) in [5, 5.41) is 14.5. The summed E-state index contributed by atoms with van der Waals surface area (Å²) in [5.41, 5.74) is 5.45. The van der Waals surface area contributed by atoms with E-state index in [-0.39, 0.29) is 17.3 Å². The van der Waals surface area contributed by atoms with Crippen molar-refractivity contribution in [3.8, 4) is 0 Å². The van der Waals surface area contributed by atoms with E-state index in [1.54, 1.807) is 0 Å². The van der Waals surface area contributed by atoms with Gasteiger partial charge in [-0.3, -0.25) is 4.79 Å². The monoisotopic (exact) mass is 227 g/mol. The molecule has 0 aromatic rings. The first-order valence-corrected chi connectivity index (χ1v) is 5.88. The van der Waals surface area contributed by atoms with Crippen LogP contribution >= 0.6 is 0 Å². The number of nitrogens with two attached hydrogens (primary N) is 1. The minimum Gasteiger partial charge on any atom is -0.409 e. The van der Waals surface area contributed by atoms with Crippen molar-refractivity contribution in [2.75, 3.05) is 0 Å². The molecule has 1 fully saturated rings. The molecule has 0 bridgehead atoms. The van der Waals surface area contributed by atoms with E-state index in [0.29, 0.717) is 6.42 Å². The van der Waals surface area contributed by atoms with Gasteiger partial charge in [-0.1, -0.05) is 19.0 Å². The first kappa shape index (κ1) is 12.8. The summed E-state index contributed by atoms with van der Waals surface area (Å²) >= 11 is 0. The second kappa shape index (κ2) is 5.18. The predicted molar refractivity (Wildman–Crippen MR) is 62.2 cm³/mol. The van der Waals surface area contributed by atoms with Gasteiger partial charge in [-0.15, -0.1) is 0 Å². The Morgan fingerprint density at radius 1 is 1.56 bits per heavy atom. The maximum atomic E-state index is 12.0. The van der Waals surface area contributed by atoms with Crippen LogP contribution in [0.3, 0.4) is 0 Å². The molecular weight excluding hydrogens is 206 g/mol. The van der Waals surface area contributed by atoms with Crippen molar-refractivity contribution in [1.29, 1.82) is 0 Å². The summed E-state index contributed by atoms with van der Waals surface area (Å²) < 4.78 is 0. The first-order chi connectivity index (χ1) is 7.58. The number of carbonyl (C=O) groups is 1. The van der Waals surface area contributed by atoms with Crippen molar-refractivity contribution in [3.63, 3.8) is 0 Å². The average Bonchev–Trinajstić information content (AvgIpc) is 2.24. The van der Waals surface area contributed by atoms with Gasteiger partial charge in [0.15, 0.2) is 5.84 Å². The topological polar surface area (TPSA) is 87.7 Å². The highest BCUT2D eigenvalue weighted by molar-refractivity contribution is 6.02. The summed E-state index contributed by atoms with van der Waals surface area (Å²) in [5.74, 6) is -0.654. The van der Waals surface area contributed by atoms with Gasteiger partial charge in [-0.25, -0.2) is 0 Å². The second-order valence-electron chi connectivity index (χ2n) is 4.46. The van der Waals surface area contributed by atoms with Crippen LogP contribution in [0.25, 0.3) is 0 Å². The third-order valence-electron chi connectivity index (χ3n) is 3.57. The maximum Gasteiger partial charge on any atom is 0.231 e. The van der Waals surface area contributed by atoms with E-state index in [4.69, 9.17) is 10.9 Å². The molecule has 0 aromatic heterocycles. The van der Waals surface area contributed by atoms with Crippen LogP contribution in [0.15, 0.2) is 5.16 Å². The van der Waals surface area contributed by atoms with Crippen LogP contribution in [-0.2, 0) is 4.79 Å². The standard InChI is InChI=1S/C11H21N3O2/c1-3-8(9(12)14-16)10(15)13-11(4-2)6-5-7-11/h8,16H,3-7H2,1-2H3,(H2,12,14)(H,13,15). The largest absolute Gasteiger partial charge is 0.409 e. The van der Waals surface area contributed by atoms with Gasteiger partial charge in [0.05, 0.1) is 5.92 Å². The van der Waals surface area contributed by atoms with E-state index in [1.807, 2.05) is 6.92 Å². The zero-order valence-corrected chi connectivity index (χ0v) is 9.99. The van der Waals surface area contributed by atoms with Crippen molar-refractivity contribution in [1.82, 2.24) is 5.32 Å². The smallest absolute Gasteiger partial charge is 0.231 e. The number of carbonyl (C=O) groups excluding carboxylic acids is 1. The summed E-state index contributed by atoms with van der Waals surface area (Å²) in [6.07, 6.45) is 4.70. The van der Waals surface area contributed by atoms with Crippen LogP contribution in [0.2, 0.25) is 0 Å². The molecule has 5 heteroatoms. The molecule has 5 nitrogen and oxygen atoms in total. The van der Waals surface area contributed by atoms with Crippen molar-refractivity contribution in [2.45, 2.75) is 51.5 Å². The molecule has 0 saturated heterocycles. The van der Waals surface area contributed by atoms with Crippen molar-refractivity contribution < 1.29 is 10.0 Å². The minimum absolute atomic E-state index is 0.00873. The molecular formula is C11H21N3O2. The van der Waals surface area contributed by atoms with Crippen LogP contribution in [0.5, 0.6) is 0 Å². The van der Waals surface area contributed by atoms with E-state index in [1.165, 1.54) is 0 Å². The Hall–Kier alpha value is -1.26. The highest BCUT2D eigenvalue weighted by Crippen LogP contribution is 2.34. The zero-order chi connectivity index (χ0) is 12.2. The highest BCUT2D eigenvalue weighted by Gasteiger charge is 2.38. The van der Waals surface area contributed by atoms with Gasteiger partial charge in [0.1, 0.15) is 0 Å². The van der Waals surface area contributed by atoms with Crippen LogP contribution in [0.1, 0.15) is 46.0 Å².